The van der Waals surface area contributed by atoms with Crippen molar-refractivity contribution in [2.45, 2.75) is 70.4 Å². The van der Waals surface area contributed by atoms with Gasteiger partial charge in [-0.2, -0.15) is 0 Å². The van der Waals surface area contributed by atoms with E-state index in [1.807, 2.05) is 18.9 Å². The molecule has 0 aromatic heterocycles. The molecule has 0 aromatic carbocycles. The zero-order valence-electron chi connectivity index (χ0n) is 13.6. The molecule has 1 N–H and O–H groups in total. The Morgan fingerprint density at radius 1 is 1.29 bits per heavy atom. The predicted molar refractivity (Wildman–Crippen MR) is 84.8 cm³/mol. The number of hydrogen-bond donors (Lipinski definition) is 1. The summed E-state index contributed by atoms with van der Waals surface area (Å²) in [5.41, 5.74) is 1.20. The van der Waals surface area contributed by atoms with Crippen LogP contribution in [0, 0.1) is 0 Å². The molecule has 1 fully saturated rings. The van der Waals surface area contributed by atoms with Crippen molar-refractivity contribution in [2.24, 2.45) is 0 Å². The minimum absolute atomic E-state index is 0.141. The molecule has 2 unspecified atom stereocenters. The maximum Gasteiger partial charge on any atom is 0.240 e. The highest BCUT2D eigenvalue weighted by molar-refractivity contribution is 5.80. The lowest BCUT2D eigenvalue weighted by Gasteiger charge is -2.36. The van der Waals surface area contributed by atoms with E-state index < -0.39 is 0 Å². The van der Waals surface area contributed by atoms with Gasteiger partial charge in [0.15, 0.2) is 0 Å². The standard InChI is InChI=1S/C17H30N2O2/c1-3-19(14-9-5-4-6-10-14)17(21)13-18(2)15-11-7-8-12-16(15)20/h9,15-16,20H,3-8,10-13H2,1-2H3. The van der Waals surface area contributed by atoms with Crippen LogP contribution in [0.4, 0.5) is 0 Å². The van der Waals surface area contributed by atoms with E-state index in [1.54, 1.807) is 0 Å². The number of rotatable bonds is 5. The molecule has 0 heterocycles. The fourth-order valence-electron chi connectivity index (χ4n) is 3.63. The molecule has 2 rings (SSSR count). The van der Waals surface area contributed by atoms with Gasteiger partial charge in [0.25, 0.3) is 0 Å². The number of carbonyl (C=O) groups excluding carboxylic acids is 1. The van der Waals surface area contributed by atoms with Crippen molar-refractivity contribution in [3.05, 3.63) is 11.8 Å². The summed E-state index contributed by atoms with van der Waals surface area (Å²) in [6, 6.07) is 0.141. The van der Waals surface area contributed by atoms with E-state index in [4.69, 9.17) is 0 Å². The molecule has 1 saturated carbocycles. The second-order valence-corrected chi connectivity index (χ2v) is 6.41. The highest BCUT2D eigenvalue weighted by atomic mass is 16.3. The van der Waals surface area contributed by atoms with Crippen LogP contribution in [-0.2, 0) is 4.79 Å². The SMILES string of the molecule is CCN(C(=O)CN(C)C1CCCCC1O)C1=CCCCC1. The summed E-state index contributed by atoms with van der Waals surface area (Å²) in [6.07, 6.45) is 10.6. The first-order chi connectivity index (χ1) is 10.1. The number of likely N-dealkylation sites (N-methyl/N-ethyl adjacent to an activating group) is 2. The first kappa shape index (κ1) is 16.5. The van der Waals surface area contributed by atoms with Crippen LogP contribution in [0.3, 0.4) is 0 Å². The second-order valence-electron chi connectivity index (χ2n) is 6.41. The molecule has 21 heavy (non-hydrogen) atoms. The Bertz CT molecular complexity index is 381. The maximum absolute atomic E-state index is 12.6. The van der Waals surface area contributed by atoms with Crippen LogP contribution in [0.5, 0.6) is 0 Å². The molecule has 2 aliphatic carbocycles. The van der Waals surface area contributed by atoms with Gasteiger partial charge in [-0.15, -0.1) is 0 Å². The third-order valence-corrected chi connectivity index (χ3v) is 4.88. The molecule has 0 spiro atoms. The molecular weight excluding hydrogens is 264 g/mol. The minimum Gasteiger partial charge on any atom is -0.391 e. The molecule has 0 bridgehead atoms. The third-order valence-electron chi connectivity index (χ3n) is 4.88. The summed E-state index contributed by atoms with van der Waals surface area (Å²) in [6.45, 7) is 3.20. The average molecular weight is 294 g/mol. The van der Waals surface area contributed by atoms with E-state index in [0.29, 0.717) is 6.54 Å². The van der Waals surface area contributed by atoms with Gasteiger partial charge in [0.05, 0.1) is 12.6 Å². The lowest BCUT2D eigenvalue weighted by Crippen LogP contribution is -2.48. The minimum atomic E-state index is -0.277. The van der Waals surface area contributed by atoms with Gasteiger partial charge in [-0.3, -0.25) is 9.69 Å². The summed E-state index contributed by atoms with van der Waals surface area (Å²) in [5.74, 6) is 0.172. The lowest BCUT2D eigenvalue weighted by molar-refractivity contribution is -0.131. The highest BCUT2D eigenvalue weighted by Gasteiger charge is 2.29. The van der Waals surface area contributed by atoms with Gasteiger partial charge in [0, 0.05) is 18.3 Å². The fourth-order valence-corrected chi connectivity index (χ4v) is 3.63. The van der Waals surface area contributed by atoms with Gasteiger partial charge in [-0.25, -0.2) is 0 Å². The van der Waals surface area contributed by atoms with E-state index in [-0.39, 0.29) is 18.1 Å². The molecule has 1 amide bonds. The highest BCUT2D eigenvalue weighted by Crippen LogP contribution is 2.24. The van der Waals surface area contributed by atoms with Crippen LogP contribution in [0.25, 0.3) is 0 Å². The van der Waals surface area contributed by atoms with E-state index >= 15 is 0 Å². The summed E-state index contributed by atoms with van der Waals surface area (Å²) in [4.78, 5) is 16.6. The number of amides is 1. The Labute approximate surface area is 128 Å². The summed E-state index contributed by atoms with van der Waals surface area (Å²) >= 11 is 0. The maximum atomic E-state index is 12.6. The van der Waals surface area contributed by atoms with Gasteiger partial charge in [-0.1, -0.05) is 18.9 Å². The Balaban J connectivity index is 1.93. The summed E-state index contributed by atoms with van der Waals surface area (Å²) in [7, 11) is 1.97. The monoisotopic (exact) mass is 294 g/mol. The normalized spacial score (nSPS) is 26.6. The van der Waals surface area contributed by atoms with Gasteiger partial charge >= 0.3 is 0 Å². The van der Waals surface area contributed by atoms with E-state index in [2.05, 4.69) is 11.0 Å². The molecule has 120 valence electrons. The second kappa shape index (κ2) is 7.95. The number of allylic oxidation sites excluding steroid dienone is 2. The predicted octanol–water partition coefficient (Wildman–Crippen LogP) is 2.53. The van der Waals surface area contributed by atoms with Crippen molar-refractivity contribution in [1.82, 2.24) is 9.80 Å². The van der Waals surface area contributed by atoms with Gasteiger partial charge in [-0.05, 0) is 52.5 Å². The quantitative estimate of drug-likeness (QED) is 0.847. The number of nitrogens with zero attached hydrogens (tertiary/aromatic N) is 2. The summed E-state index contributed by atoms with van der Waals surface area (Å²) < 4.78 is 0. The Hall–Kier alpha value is -0.870. The Morgan fingerprint density at radius 3 is 2.67 bits per heavy atom. The smallest absolute Gasteiger partial charge is 0.240 e. The van der Waals surface area contributed by atoms with E-state index in [1.165, 1.54) is 18.5 Å². The van der Waals surface area contributed by atoms with Crippen molar-refractivity contribution in [3.63, 3.8) is 0 Å². The van der Waals surface area contributed by atoms with Crippen molar-refractivity contribution >= 4 is 5.91 Å². The number of hydrogen-bond acceptors (Lipinski definition) is 3. The van der Waals surface area contributed by atoms with Crippen LogP contribution >= 0.6 is 0 Å². The molecule has 2 atom stereocenters. The number of aliphatic hydroxyl groups is 1. The van der Waals surface area contributed by atoms with Crippen molar-refractivity contribution < 1.29 is 9.90 Å². The van der Waals surface area contributed by atoms with Crippen LogP contribution in [0.2, 0.25) is 0 Å². The van der Waals surface area contributed by atoms with Crippen molar-refractivity contribution in [2.75, 3.05) is 20.1 Å². The topological polar surface area (TPSA) is 43.8 Å². The Morgan fingerprint density at radius 2 is 2.05 bits per heavy atom. The molecule has 0 aromatic rings. The lowest BCUT2D eigenvalue weighted by atomic mass is 9.91. The van der Waals surface area contributed by atoms with Crippen LogP contribution in [-0.4, -0.2) is 53.1 Å². The molecule has 0 saturated heterocycles. The largest absolute Gasteiger partial charge is 0.391 e. The molecule has 4 nitrogen and oxygen atoms in total. The first-order valence-corrected chi connectivity index (χ1v) is 8.51. The number of aliphatic hydroxyl groups excluding tert-OH is 1. The average Bonchev–Trinajstić information content (AvgIpc) is 2.49. The molecule has 2 aliphatic rings. The van der Waals surface area contributed by atoms with Gasteiger partial charge in [0.2, 0.25) is 5.91 Å². The molecule has 0 aliphatic heterocycles. The van der Waals surface area contributed by atoms with Crippen LogP contribution < -0.4 is 0 Å². The van der Waals surface area contributed by atoms with Crippen molar-refractivity contribution in [1.29, 1.82) is 0 Å². The molecule has 4 heteroatoms. The Kier molecular flexibility index (Phi) is 6.24. The van der Waals surface area contributed by atoms with Crippen LogP contribution in [0.1, 0.15) is 58.3 Å². The molecule has 0 radical (unpaired) electrons. The zero-order chi connectivity index (χ0) is 15.2. The first-order valence-electron chi connectivity index (χ1n) is 8.51. The van der Waals surface area contributed by atoms with Crippen molar-refractivity contribution in [3.8, 4) is 0 Å². The van der Waals surface area contributed by atoms with E-state index in [9.17, 15) is 9.90 Å². The zero-order valence-corrected chi connectivity index (χ0v) is 13.6. The van der Waals surface area contributed by atoms with Crippen LogP contribution in [0.15, 0.2) is 11.8 Å². The summed E-state index contributed by atoms with van der Waals surface area (Å²) in [5, 5.41) is 10.1. The number of carbonyl (C=O) groups is 1. The molecular formula is C17H30N2O2. The fraction of sp³-hybridized carbons (Fsp3) is 0.824. The van der Waals surface area contributed by atoms with Gasteiger partial charge in [0.1, 0.15) is 0 Å². The third kappa shape index (κ3) is 4.30. The van der Waals surface area contributed by atoms with Gasteiger partial charge < -0.3 is 10.0 Å². The van der Waals surface area contributed by atoms with E-state index in [0.717, 1.165) is 45.1 Å².